The molecule has 3 amide bonds. The number of sulfonamides is 1. The van der Waals surface area contributed by atoms with Crippen LogP contribution in [0.3, 0.4) is 0 Å². The van der Waals surface area contributed by atoms with Crippen LogP contribution in [0.15, 0.2) is 64.6 Å². The Labute approximate surface area is 202 Å². The summed E-state index contributed by atoms with van der Waals surface area (Å²) >= 11 is 1.24. The summed E-state index contributed by atoms with van der Waals surface area (Å²) < 4.78 is 28.4. The fourth-order valence-electron chi connectivity index (χ4n) is 2.92. The largest absolute Gasteiger partial charge is 0.337 e. The van der Waals surface area contributed by atoms with Crippen LogP contribution in [0.2, 0.25) is 0 Å². The molecule has 10 nitrogen and oxygen atoms in total. The molecule has 1 aromatic heterocycles. The van der Waals surface area contributed by atoms with Gasteiger partial charge < -0.3 is 15.2 Å². The molecule has 3 N–H and O–H groups in total. The summed E-state index contributed by atoms with van der Waals surface area (Å²) in [5.41, 5.74) is 1.36. The van der Waals surface area contributed by atoms with Crippen LogP contribution in [0.4, 0.5) is 10.5 Å². The van der Waals surface area contributed by atoms with Gasteiger partial charge in [0.2, 0.25) is 5.91 Å². The molecule has 34 heavy (non-hydrogen) atoms. The first-order valence-electron chi connectivity index (χ1n) is 10.6. The number of urea groups is 1. The van der Waals surface area contributed by atoms with Gasteiger partial charge in [-0.25, -0.2) is 17.9 Å². The second-order valence-corrected chi connectivity index (χ2v) is 9.93. The number of carbonyl (C=O) groups excluding carboxylic acids is 2. The van der Waals surface area contributed by atoms with Gasteiger partial charge >= 0.3 is 6.03 Å². The Balaban J connectivity index is 1.53. The maximum absolute atomic E-state index is 12.4. The van der Waals surface area contributed by atoms with Crippen molar-refractivity contribution in [2.24, 2.45) is 7.05 Å². The second kappa shape index (κ2) is 11.7. The van der Waals surface area contributed by atoms with E-state index in [9.17, 15) is 18.0 Å². The number of hydrogen-bond acceptors (Lipinski definition) is 7. The predicted molar refractivity (Wildman–Crippen MR) is 131 cm³/mol. The Morgan fingerprint density at radius 2 is 1.74 bits per heavy atom. The van der Waals surface area contributed by atoms with E-state index in [1.165, 1.54) is 36.0 Å². The van der Waals surface area contributed by atoms with E-state index < -0.39 is 16.1 Å². The average Bonchev–Trinajstić information content (AvgIpc) is 3.18. The van der Waals surface area contributed by atoms with Crippen molar-refractivity contribution < 1.29 is 18.0 Å². The average molecular weight is 503 g/mol. The Morgan fingerprint density at radius 3 is 2.41 bits per heavy atom. The zero-order valence-corrected chi connectivity index (χ0v) is 20.4. The minimum atomic E-state index is -4.01. The summed E-state index contributed by atoms with van der Waals surface area (Å²) in [5, 5.41) is 14.1. The topological polar surface area (TPSA) is 135 Å². The Hall–Kier alpha value is -3.38. The highest BCUT2D eigenvalue weighted by Crippen LogP contribution is 2.22. The van der Waals surface area contributed by atoms with Gasteiger partial charge in [0.15, 0.2) is 11.0 Å². The Bertz CT molecular complexity index is 1230. The van der Waals surface area contributed by atoms with Crippen molar-refractivity contribution in [3.05, 3.63) is 54.6 Å². The molecule has 0 unspecified atom stereocenters. The lowest BCUT2D eigenvalue weighted by Gasteiger charge is -2.09. The molecule has 0 fully saturated rings. The number of hydrogen-bond donors (Lipinski definition) is 3. The Kier molecular flexibility index (Phi) is 8.66. The van der Waals surface area contributed by atoms with Crippen LogP contribution < -0.4 is 15.4 Å². The van der Waals surface area contributed by atoms with Crippen LogP contribution in [0.1, 0.15) is 19.8 Å². The quantitative estimate of drug-likeness (QED) is 0.286. The van der Waals surface area contributed by atoms with Crippen molar-refractivity contribution in [2.75, 3.05) is 17.6 Å². The summed E-state index contributed by atoms with van der Waals surface area (Å²) in [6.07, 6.45) is 1.64. The smallest absolute Gasteiger partial charge is 0.328 e. The molecule has 0 bridgehead atoms. The highest BCUT2D eigenvalue weighted by Gasteiger charge is 2.18. The van der Waals surface area contributed by atoms with Crippen LogP contribution in [0.5, 0.6) is 0 Å². The fourth-order valence-corrected chi connectivity index (χ4v) is 4.56. The van der Waals surface area contributed by atoms with E-state index in [1.807, 2.05) is 53.6 Å². The molecule has 0 saturated heterocycles. The second-order valence-electron chi connectivity index (χ2n) is 7.31. The van der Waals surface area contributed by atoms with Crippen LogP contribution in [0, 0.1) is 0 Å². The van der Waals surface area contributed by atoms with Gasteiger partial charge in [-0.05, 0) is 30.7 Å². The van der Waals surface area contributed by atoms with Gasteiger partial charge in [0.1, 0.15) is 0 Å². The number of thioether (sulfide) groups is 1. The molecular formula is C22H26N6O4S2. The van der Waals surface area contributed by atoms with Gasteiger partial charge in [-0.3, -0.25) is 4.79 Å². The van der Waals surface area contributed by atoms with Crippen LogP contribution in [-0.2, 0) is 21.9 Å². The molecular weight excluding hydrogens is 476 g/mol. The van der Waals surface area contributed by atoms with Crippen LogP contribution in [0.25, 0.3) is 11.4 Å². The van der Waals surface area contributed by atoms with E-state index in [2.05, 4.69) is 20.8 Å². The van der Waals surface area contributed by atoms with E-state index in [4.69, 9.17) is 0 Å². The molecule has 3 aromatic rings. The normalized spacial score (nSPS) is 11.1. The van der Waals surface area contributed by atoms with Gasteiger partial charge in [0, 0.05) is 24.8 Å². The number of carbonyl (C=O) groups is 2. The molecule has 0 aliphatic rings. The lowest BCUT2D eigenvalue weighted by Crippen LogP contribution is -2.39. The number of benzene rings is 2. The zero-order chi connectivity index (χ0) is 24.6. The molecule has 1 heterocycles. The van der Waals surface area contributed by atoms with E-state index >= 15 is 0 Å². The first-order valence-corrected chi connectivity index (χ1v) is 13.0. The van der Waals surface area contributed by atoms with Gasteiger partial charge in [0.05, 0.1) is 10.6 Å². The van der Waals surface area contributed by atoms with Crippen molar-refractivity contribution in [3.63, 3.8) is 0 Å². The van der Waals surface area contributed by atoms with Crippen LogP contribution in [-0.4, -0.2) is 47.4 Å². The van der Waals surface area contributed by atoms with E-state index in [-0.39, 0.29) is 16.6 Å². The lowest BCUT2D eigenvalue weighted by molar-refractivity contribution is -0.113. The number of nitrogens with one attached hydrogen (secondary N) is 3. The number of rotatable bonds is 10. The molecule has 0 spiro atoms. The predicted octanol–water partition coefficient (Wildman–Crippen LogP) is 3.00. The van der Waals surface area contributed by atoms with Crippen molar-refractivity contribution in [2.45, 2.75) is 29.8 Å². The zero-order valence-electron chi connectivity index (χ0n) is 18.8. The third-order valence-electron chi connectivity index (χ3n) is 4.69. The SMILES string of the molecule is CCCCNC(=O)NS(=O)(=O)c1ccc(NC(=O)CSc2nnc(-c3ccccc3)n2C)cc1. The Morgan fingerprint density at radius 1 is 1.03 bits per heavy atom. The molecule has 12 heteroatoms. The summed E-state index contributed by atoms with van der Waals surface area (Å²) in [6, 6.07) is 14.4. The molecule has 0 aliphatic heterocycles. The van der Waals surface area contributed by atoms with E-state index in [0.29, 0.717) is 23.2 Å². The molecule has 2 aromatic carbocycles. The molecule has 0 radical (unpaired) electrons. The number of nitrogens with zero attached hydrogens (tertiary/aromatic N) is 3. The van der Waals surface area contributed by atoms with Crippen molar-refractivity contribution >= 4 is 39.4 Å². The summed E-state index contributed by atoms with van der Waals surface area (Å²) in [7, 11) is -2.18. The molecule has 0 aliphatic carbocycles. The first-order chi connectivity index (χ1) is 16.3. The third-order valence-corrected chi connectivity index (χ3v) is 7.06. The summed E-state index contributed by atoms with van der Waals surface area (Å²) in [5.74, 6) is 0.520. The summed E-state index contributed by atoms with van der Waals surface area (Å²) in [4.78, 5) is 24.0. The third kappa shape index (κ3) is 6.81. The molecule has 0 saturated carbocycles. The van der Waals surface area contributed by atoms with Gasteiger partial charge in [-0.15, -0.1) is 10.2 Å². The number of anilines is 1. The number of unbranched alkanes of at least 4 members (excludes halogenated alkanes) is 1. The van der Waals surface area contributed by atoms with Gasteiger partial charge in [0.25, 0.3) is 10.0 Å². The highest BCUT2D eigenvalue weighted by molar-refractivity contribution is 7.99. The maximum Gasteiger partial charge on any atom is 0.328 e. The van der Waals surface area contributed by atoms with Crippen molar-refractivity contribution in [1.82, 2.24) is 24.8 Å². The van der Waals surface area contributed by atoms with Crippen molar-refractivity contribution in [1.29, 1.82) is 0 Å². The van der Waals surface area contributed by atoms with Gasteiger partial charge in [-0.1, -0.05) is 55.4 Å². The minimum Gasteiger partial charge on any atom is -0.337 e. The van der Waals surface area contributed by atoms with Crippen molar-refractivity contribution in [3.8, 4) is 11.4 Å². The standard InChI is InChI=1S/C22H26N6O4S2/c1-3-4-14-23-21(30)27-34(31,32)18-12-10-17(11-13-18)24-19(29)15-33-22-26-25-20(28(22)2)16-8-6-5-7-9-16/h5-13H,3-4,14-15H2,1-2H3,(H,24,29)(H2,23,27,30). The van der Waals surface area contributed by atoms with Gasteiger partial charge in [-0.2, -0.15) is 0 Å². The molecule has 0 atom stereocenters. The minimum absolute atomic E-state index is 0.0851. The maximum atomic E-state index is 12.4. The number of amides is 3. The fraction of sp³-hybridized carbons (Fsp3) is 0.273. The molecule has 3 rings (SSSR count). The van der Waals surface area contributed by atoms with E-state index in [0.717, 1.165) is 18.4 Å². The summed E-state index contributed by atoms with van der Waals surface area (Å²) in [6.45, 7) is 2.36. The van der Waals surface area contributed by atoms with Crippen LogP contribution >= 0.6 is 11.8 Å². The van der Waals surface area contributed by atoms with E-state index in [1.54, 1.807) is 0 Å². The number of aromatic nitrogens is 3. The monoisotopic (exact) mass is 502 g/mol. The first kappa shape index (κ1) is 25.2. The molecule has 180 valence electrons. The lowest BCUT2D eigenvalue weighted by atomic mass is 10.2. The highest BCUT2D eigenvalue weighted by atomic mass is 32.2.